The van der Waals surface area contributed by atoms with E-state index in [9.17, 15) is 14.4 Å². The fraction of sp³-hybridized carbons (Fsp3) is 0.400. The number of hydrogen-bond donors (Lipinski definition) is 1. The largest absolute Gasteiger partial charge is 0.328 e. The van der Waals surface area contributed by atoms with E-state index >= 15 is 0 Å². The fourth-order valence-electron chi connectivity index (χ4n) is 5.78. The SMILES string of the molecule is CC(=O)c1nn(CC(=O)N2C[C@H]3C[C@H]3C2C(=O)Nc2nc(Br)ccc2C)c2c(C(C)C)nc(-c3cnc(C)nc3)cc12. The summed E-state index contributed by atoms with van der Waals surface area (Å²) in [5, 5.41) is 8.17. The van der Waals surface area contributed by atoms with Gasteiger partial charge in [0.1, 0.15) is 34.5 Å². The van der Waals surface area contributed by atoms with Crippen LogP contribution in [0.5, 0.6) is 0 Å². The van der Waals surface area contributed by atoms with Crippen LogP contribution < -0.4 is 5.32 Å². The number of halogens is 1. The zero-order chi connectivity index (χ0) is 29.9. The molecule has 0 radical (unpaired) electrons. The second-order valence-corrected chi connectivity index (χ2v) is 12.3. The van der Waals surface area contributed by atoms with Crippen molar-refractivity contribution in [3.05, 3.63) is 58.0 Å². The van der Waals surface area contributed by atoms with Crippen molar-refractivity contribution in [2.24, 2.45) is 11.8 Å². The van der Waals surface area contributed by atoms with Crippen LogP contribution in [0.4, 0.5) is 5.82 Å². The summed E-state index contributed by atoms with van der Waals surface area (Å²) in [7, 11) is 0. The van der Waals surface area contributed by atoms with Gasteiger partial charge in [0.05, 0.1) is 16.9 Å². The molecule has 2 aliphatic rings. The van der Waals surface area contributed by atoms with E-state index in [4.69, 9.17) is 4.98 Å². The molecule has 3 atom stereocenters. The molecule has 1 saturated heterocycles. The summed E-state index contributed by atoms with van der Waals surface area (Å²) < 4.78 is 2.19. The standard InChI is InChI=1S/C30H31BrN8O3/c1-14(2)25-27-21(9-22(34-25)19-10-32-17(5)33-11-19)26(16(4)40)37-39(27)13-24(41)38-12-18-8-20(18)28(38)30(42)36-29-15(3)6-7-23(31)35-29/h6-7,9-11,14,18,20,28H,8,12-13H2,1-5H3,(H,35,36,42)/t18-,20-,28?/m1/s1. The van der Waals surface area contributed by atoms with E-state index in [2.05, 4.69) is 41.3 Å². The number of nitrogens with one attached hydrogen (secondary N) is 1. The Labute approximate surface area is 251 Å². The van der Waals surface area contributed by atoms with Crippen molar-refractivity contribution in [1.29, 1.82) is 0 Å². The number of hydrogen-bond acceptors (Lipinski definition) is 8. The average Bonchev–Trinajstić information content (AvgIpc) is 3.45. The highest BCUT2D eigenvalue weighted by Crippen LogP contribution is 2.50. The van der Waals surface area contributed by atoms with Crippen LogP contribution in [0.25, 0.3) is 22.2 Å². The summed E-state index contributed by atoms with van der Waals surface area (Å²) in [6.45, 7) is 9.56. The molecular weight excluding hydrogens is 600 g/mol. The molecule has 0 bridgehead atoms. The van der Waals surface area contributed by atoms with E-state index < -0.39 is 6.04 Å². The van der Waals surface area contributed by atoms with Crippen molar-refractivity contribution in [2.75, 3.05) is 11.9 Å². The molecular formula is C30H31BrN8O3. The van der Waals surface area contributed by atoms with E-state index in [0.717, 1.165) is 17.5 Å². The Morgan fingerprint density at radius 2 is 1.86 bits per heavy atom. The van der Waals surface area contributed by atoms with Crippen LogP contribution >= 0.6 is 15.9 Å². The molecule has 11 nitrogen and oxygen atoms in total. The van der Waals surface area contributed by atoms with E-state index in [0.29, 0.717) is 51.0 Å². The van der Waals surface area contributed by atoms with Crippen molar-refractivity contribution in [1.82, 2.24) is 34.6 Å². The van der Waals surface area contributed by atoms with Crippen molar-refractivity contribution in [3.8, 4) is 11.3 Å². The average molecular weight is 632 g/mol. The van der Waals surface area contributed by atoms with Crippen LogP contribution in [-0.4, -0.2) is 64.8 Å². The number of pyridine rings is 2. The molecule has 0 spiro atoms. The zero-order valence-corrected chi connectivity index (χ0v) is 25.6. The minimum absolute atomic E-state index is 0.0249. The number of rotatable bonds is 7. The monoisotopic (exact) mass is 630 g/mol. The summed E-state index contributed by atoms with van der Waals surface area (Å²) >= 11 is 3.36. The quantitative estimate of drug-likeness (QED) is 0.233. The van der Waals surface area contributed by atoms with E-state index in [1.807, 2.05) is 45.9 Å². The van der Waals surface area contributed by atoms with E-state index in [1.54, 1.807) is 22.0 Å². The Balaban J connectivity index is 1.34. The number of carbonyl (C=O) groups is 3. The third-order valence-corrected chi connectivity index (χ3v) is 8.48. The van der Waals surface area contributed by atoms with Crippen molar-refractivity contribution >= 4 is 50.2 Å². The number of anilines is 1. The molecule has 1 aliphatic carbocycles. The van der Waals surface area contributed by atoms with E-state index in [1.165, 1.54) is 6.92 Å². The summed E-state index contributed by atoms with van der Waals surface area (Å²) in [6, 6.07) is 4.91. The third-order valence-electron chi connectivity index (χ3n) is 8.04. The fourth-order valence-corrected chi connectivity index (χ4v) is 6.09. The molecule has 4 aromatic heterocycles. The maximum Gasteiger partial charge on any atom is 0.248 e. The van der Waals surface area contributed by atoms with Crippen molar-refractivity contribution < 1.29 is 14.4 Å². The topological polar surface area (TPSA) is 136 Å². The molecule has 1 saturated carbocycles. The predicted molar refractivity (Wildman–Crippen MR) is 160 cm³/mol. The van der Waals surface area contributed by atoms with Gasteiger partial charge in [-0.15, -0.1) is 0 Å². The molecule has 12 heteroatoms. The normalized spacial score (nSPS) is 19.3. The maximum atomic E-state index is 13.8. The number of ketones is 1. The van der Waals surface area contributed by atoms with Gasteiger partial charge in [0, 0.05) is 36.8 Å². The second-order valence-electron chi connectivity index (χ2n) is 11.5. The van der Waals surface area contributed by atoms with Gasteiger partial charge in [-0.3, -0.25) is 24.0 Å². The Kier molecular flexibility index (Phi) is 7.12. The lowest BCUT2D eigenvalue weighted by Crippen LogP contribution is -2.47. The summed E-state index contributed by atoms with van der Waals surface area (Å²) in [6.07, 6.45) is 4.33. The highest BCUT2D eigenvalue weighted by Gasteiger charge is 2.56. The molecule has 2 fully saturated rings. The first-order chi connectivity index (χ1) is 20.0. The number of carbonyl (C=O) groups excluding carboxylic acids is 3. The number of aryl methyl sites for hydroxylation is 2. The molecule has 1 N–H and O–H groups in total. The number of likely N-dealkylation sites (tertiary alicyclic amines) is 1. The summed E-state index contributed by atoms with van der Waals surface area (Å²) in [5.41, 5.74) is 3.81. The molecule has 216 valence electrons. The Morgan fingerprint density at radius 3 is 2.55 bits per heavy atom. The van der Waals surface area contributed by atoms with Crippen LogP contribution in [-0.2, 0) is 16.1 Å². The second kappa shape index (κ2) is 10.6. The number of amides is 2. The van der Waals surface area contributed by atoms with Crippen molar-refractivity contribution in [3.63, 3.8) is 0 Å². The van der Waals surface area contributed by atoms with Gasteiger partial charge >= 0.3 is 0 Å². The van der Waals surface area contributed by atoms with Gasteiger partial charge in [-0.25, -0.2) is 15.0 Å². The van der Waals surface area contributed by atoms with Crippen LogP contribution in [0.3, 0.4) is 0 Å². The summed E-state index contributed by atoms with van der Waals surface area (Å²) in [4.78, 5) is 59.6. The van der Waals surface area contributed by atoms with Crippen LogP contribution in [0.2, 0.25) is 0 Å². The van der Waals surface area contributed by atoms with E-state index in [-0.39, 0.29) is 41.7 Å². The van der Waals surface area contributed by atoms with Gasteiger partial charge < -0.3 is 10.2 Å². The van der Waals surface area contributed by atoms with Gasteiger partial charge in [0.25, 0.3) is 0 Å². The molecule has 0 aromatic carbocycles. The lowest BCUT2D eigenvalue weighted by atomic mass is 10.0. The number of nitrogens with zero attached hydrogens (tertiary/aromatic N) is 7. The zero-order valence-electron chi connectivity index (χ0n) is 24.1. The first kappa shape index (κ1) is 28.1. The Hall–Kier alpha value is -4.06. The lowest BCUT2D eigenvalue weighted by Gasteiger charge is -2.27. The number of Topliss-reactive ketones (excluding diaryl/α,β-unsaturated/α-hetero) is 1. The number of aromatic nitrogens is 6. The maximum absolute atomic E-state index is 13.8. The summed E-state index contributed by atoms with van der Waals surface area (Å²) in [5.74, 6) is 0.827. The molecule has 1 aliphatic heterocycles. The van der Waals surface area contributed by atoms with Gasteiger partial charge in [-0.2, -0.15) is 5.10 Å². The number of fused-ring (bicyclic) bond motifs is 2. The lowest BCUT2D eigenvalue weighted by molar-refractivity contribution is -0.138. The third kappa shape index (κ3) is 5.08. The predicted octanol–water partition coefficient (Wildman–Crippen LogP) is 4.47. The number of piperidine rings is 1. The first-order valence-corrected chi connectivity index (χ1v) is 14.8. The van der Waals surface area contributed by atoms with Gasteiger partial charge in [-0.05, 0) is 71.6 Å². The Bertz CT molecular complexity index is 1750. The van der Waals surface area contributed by atoms with Gasteiger partial charge in [0.15, 0.2) is 5.78 Å². The molecule has 2 amide bonds. The van der Waals surface area contributed by atoms with Crippen LogP contribution in [0.15, 0.2) is 35.2 Å². The Morgan fingerprint density at radius 1 is 1.12 bits per heavy atom. The molecule has 4 aromatic rings. The van der Waals surface area contributed by atoms with Gasteiger partial charge in [-0.1, -0.05) is 19.9 Å². The van der Waals surface area contributed by atoms with Gasteiger partial charge in [0.2, 0.25) is 11.8 Å². The molecule has 42 heavy (non-hydrogen) atoms. The minimum atomic E-state index is -0.590. The molecule has 6 rings (SSSR count). The van der Waals surface area contributed by atoms with Crippen LogP contribution in [0.1, 0.15) is 60.7 Å². The highest BCUT2D eigenvalue weighted by atomic mass is 79.9. The smallest absolute Gasteiger partial charge is 0.248 e. The van der Waals surface area contributed by atoms with Crippen LogP contribution in [0, 0.1) is 25.7 Å². The first-order valence-electron chi connectivity index (χ1n) is 14.0. The minimum Gasteiger partial charge on any atom is -0.328 e. The molecule has 5 heterocycles. The van der Waals surface area contributed by atoms with Crippen molar-refractivity contribution in [2.45, 2.75) is 59.5 Å². The molecule has 1 unspecified atom stereocenters. The highest BCUT2D eigenvalue weighted by molar-refractivity contribution is 9.10.